The van der Waals surface area contributed by atoms with Gasteiger partial charge in [-0.1, -0.05) is 43.6 Å². The van der Waals surface area contributed by atoms with Gasteiger partial charge in [0.1, 0.15) is 6.04 Å². The van der Waals surface area contributed by atoms with Crippen LogP contribution in [0.25, 0.3) is 16.6 Å². The highest BCUT2D eigenvalue weighted by molar-refractivity contribution is 6.30. The molecule has 0 spiro atoms. The maximum atomic E-state index is 13.3. The molecule has 1 heterocycles. The Balaban J connectivity index is 2.26. The third-order valence-electron chi connectivity index (χ3n) is 4.51. The molecule has 0 bridgehead atoms. The molecule has 28 heavy (non-hydrogen) atoms. The molecular formula is C21H22ClN3O3. The number of hydrogen-bond donors (Lipinski definition) is 1. The van der Waals surface area contributed by atoms with Crippen LogP contribution in [0.3, 0.4) is 0 Å². The van der Waals surface area contributed by atoms with Gasteiger partial charge in [0.2, 0.25) is 5.91 Å². The molecule has 1 atom stereocenters. The topological polar surface area (TPSA) is 73.1 Å². The van der Waals surface area contributed by atoms with Crippen LogP contribution in [0.5, 0.6) is 0 Å². The van der Waals surface area contributed by atoms with E-state index in [2.05, 4.69) is 5.32 Å². The molecule has 1 amide bonds. The lowest BCUT2D eigenvalue weighted by Gasteiger charge is -2.20. The molecule has 6 nitrogen and oxygen atoms in total. The van der Waals surface area contributed by atoms with Gasteiger partial charge in [-0.3, -0.25) is 14.2 Å². The van der Waals surface area contributed by atoms with Crippen molar-refractivity contribution in [2.45, 2.75) is 26.8 Å². The van der Waals surface area contributed by atoms with Crippen molar-refractivity contribution in [2.75, 3.05) is 6.54 Å². The maximum absolute atomic E-state index is 13.3. The summed E-state index contributed by atoms with van der Waals surface area (Å²) in [4.78, 5) is 39.0. The number of hydrogen-bond acceptors (Lipinski definition) is 3. The van der Waals surface area contributed by atoms with Crippen molar-refractivity contribution in [1.29, 1.82) is 0 Å². The first kappa shape index (κ1) is 19.9. The van der Waals surface area contributed by atoms with Crippen molar-refractivity contribution < 1.29 is 4.79 Å². The van der Waals surface area contributed by atoms with Crippen molar-refractivity contribution in [2.24, 2.45) is 5.92 Å². The monoisotopic (exact) mass is 399 g/mol. The number of fused-ring (bicyclic) bond motifs is 1. The summed E-state index contributed by atoms with van der Waals surface area (Å²) in [6.45, 7) is 6.14. The van der Waals surface area contributed by atoms with E-state index in [-0.39, 0.29) is 11.8 Å². The molecule has 0 saturated heterocycles. The van der Waals surface area contributed by atoms with Crippen LogP contribution in [0.1, 0.15) is 26.8 Å². The van der Waals surface area contributed by atoms with E-state index >= 15 is 0 Å². The molecule has 1 aromatic heterocycles. The fourth-order valence-electron chi connectivity index (χ4n) is 3.07. The van der Waals surface area contributed by atoms with E-state index in [1.807, 2.05) is 13.8 Å². The summed E-state index contributed by atoms with van der Waals surface area (Å²) in [5.74, 6) is 0.00211. The maximum Gasteiger partial charge on any atom is 0.336 e. The minimum atomic E-state index is -0.790. The smallest absolute Gasteiger partial charge is 0.336 e. The van der Waals surface area contributed by atoms with Crippen LogP contribution in [0.4, 0.5) is 0 Å². The van der Waals surface area contributed by atoms with Crippen LogP contribution < -0.4 is 16.6 Å². The number of para-hydroxylation sites is 1. The van der Waals surface area contributed by atoms with Crippen LogP contribution >= 0.6 is 11.6 Å². The van der Waals surface area contributed by atoms with E-state index in [4.69, 9.17) is 11.6 Å². The molecule has 0 saturated carbocycles. The van der Waals surface area contributed by atoms with Gasteiger partial charge in [-0.2, -0.15) is 0 Å². The zero-order chi connectivity index (χ0) is 20.4. The van der Waals surface area contributed by atoms with Gasteiger partial charge in [-0.15, -0.1) is 0 Å². The Labute approximate surface area is 167 Å². The van der Waals surface area contributed by atoms with E-state index in [9.17, 15) is 14.4 Å². The summed E-state index contributed by atoms with van der Waals surface area (Å²) in [5, 5.41) is 3.61. The zero-order valence-corrected chi connectivity index (χ0v) is 16.7. The Morgan fingerprint density at radius 2 is 1.79 bits per heavy atom. The minimum Gasteiger partial charge on any atom is -0.354 e. The third-order valence-corrected chi connectivity index (χ3v) is 4.75. The molecule has 1 unspecified atom stereocenters. The Morgan fingerprint density at radius 3 is 2.46 bits per heavy atom. The zero-order valence-electron chi connectivity index (χ0n) is 16.0. The minimum absolute atomic E-state index is 0.280. The molecule has 0 aliphatic rings. The Bertz CT molecular complexity index is 1150. The van der Waals surface area contributed by atoms with Gasteiger partial charge in [0.05, 0.1) is 16.6 Å². The number of nitrogens with one attached hydrogen (secondary N) is 1. The number of amides is 1. The standard InChI is InChI=1S/C21H22ClN3O3/c1-13(2)12-23-19(26)14(3)24-18-10-5-4-9-17(18)20(27)25(21(24)28)16-8-6-7-15(22)11-16/h4-11,13-14H,12H2,1-3H3,(H,23,26). The quantitative estimate of drug-likeness (QED) is 0.716. The van der Waals surface area contributed by atoms with Crippen molar-refractivity contribution in [1.82, 2.24) is 14.5 Å². The summed E-state index contributed by atoms with van der Waals surface area (Å²) in [7, 11) is 0. The fraction of sp³-hybridized carbons (Fsp3) is 0.286. The largest absolute Gasteiger partial charge is 0.354 e. The Hall–Kier alpha value is -2.86. The van der Waals surface area contributed by atoms with Gasteiger partial charge < -0.3 is 5.32 Å². The molecule has 3 aromatic rings. The summed E-state index contributed by atoms with van der Waals surface area (Å²) in [6, 6.07) is 12.5. The second-order valence-corrected chi connectivity index (χ2v) is 7.54. The lowest BCUT2D eigenvalue weighted by Crippen LogP contribution is -2.44. The molecule has 7 heteroatoms. The van der Waals surface area contributed by atoms with Crippen LogP contribution in [0.15, 0.2) is 58.1 Å². The van der Waals surface area contributed by atoms with Crippen LogP contribution in [0, 0.1) is 5.92 Å². The SMILES string of the molecule is CC(C)CNC(=O)C(C)n1c(=O)n(-c2cccc(Cl)c2)c(=O)c2ccccc21. The summed E-state index contributed by atoms with van der Waals surface area (Å²) >= 11 is 6.05. The lowest BCUT2D eigenvalue weighted by atomic mass is 10.2. The van der Waals surface area contributed by atoms with Crippen molar-refractivity contribution >= 4 is 28.4 Å². The average molecular weight is 400 g/mol. The fourth-order valence-corrected chi connectivity index (χ4v) is 3.25. The highest BCUT2D eigenvalue weighted by Gasteiger charge is 2.22. The number of halogens is 1. The molecule has 0 aliphatic carbocycles. The first-order chi connectivity index (χ1) is 13.3. The second-order valence-electron chi connectivity index (χ2n) is 7.11. The molecule has 0 aliphatic heterocycles. The molecule has 0 fully saturated rings. The number of carbonyl (C=O) groups is 1. The van der Waals surface area contributed by atoms with Gasteiger partial charge in [0.15, 0.2) is 0 Å². The van der Waals surface area contributed by atoms with E-state index in [0.717, 1.165) is 4.57 Å². The Kier molecular flexibility index (Phi) is 5.70. The van der Waals surface area contributed by atoms with Gasteiger partial charge in [-0.05, 0) is 43.2 Å². The van der Waals surface area contributed by atoms with Crippen LogP contribution in [0.2, 0.25) is 5.02 Å². The molecular weight excluding hydrogens is 378 g/mol. The van der Waals surface area contributed by atoms with Crippen LogP contribution in [-0.2, 0) is 4.79 Å². The summed E-state index contributed by atoms with van der Waals surface area (Å²) < 4.78 is 2.41. The molecule has 146 valence electrons. The second kappa shape index (κ2) is 8.02. The lowest BCUT2D eigenvalue weighted by molar-refractivity contribution is -0.124. The van der Waals surface area contributed by atoms with Crippen molar-refractivity contribution in [3.8, 4) is 5.69 Å². The summed E-state index contributed by atoms with van der Waals surface area (Å²) in [6.07, 6.45) is 0. The highest BCUT2D eigenvalue weighted by Crippen LogP contribution is 2.17. The predicted octanol–water partition coefficient (Wildman–Crippen LogP) is 3.14. The predicted molar refractivity (Wildman–Crippen MR) is 111 cm³/mol. The van der Waals surface area contributed by atoms with Gasteiger partial charge in [0.25, 0.3) is 5.56 Å². The number of aromatic nitrogens is 2. The highest BCUT2D eigenvalue weighted by atomic mass is 35.5. The summed E-state index contributed by atoms with van der Waals surface area (Å²) in [5.41, 5.74) is -0.258. The van der Waals surface area contributed by atoms with E-state index < -0.39 is 17.3 Å². The van der Waals surface area contributed by atoms with Crippen molar-refractivity contribution in [3.05, 3.63) is 74.4 Å². The molecule has 0 radical (unpaired) electrons. The van der Waals surface area contributed by atoms with Crippen LogP contribution in [-0.4, -0.2) is 21.6 Å². The van der Waals surface area contributed by atoms with Gasteiger partial charge >= 0.3 is 5.69 Å². The number of carbonyl (C=O) groups excluding carboxylic acids is 1. The average Bonchev–Trinajstić information content (AvgIpc) is 2.66. The van der Waals surface area contributed by atoms with Gasteiger partial charge in [-0.25, -0.2) is 9.36 Å². The van der Waals surface area contributed by atoms with E-state index in [0.29, 0.717) is 28.2 Å². The number of benzene rings is 2. The molecule has 2 aromatic carbocycles. The molecule has 3 rings (SSSR count). The third kappa shape index (κ3) is 3.73. The number of rotatable bonds is 5. The van der Waals surface area contributed by atoms with Crippen molar-refractivity contribution in [3.63, 3.8) is 0 Å². The van der Waals surface area contributed by atoms with E-state index in [1.165, 1.54) is 4.57 Å². The first-order valence-electron chi connectivity index (χ1n) is 9.11. The normalized spacial score (nSPS) is 12.3. The molecule has 1 N–H and O–H groups in total. The first-order valence-corrected chi connectivity index (χ1v) is 9.49. The number of nitrogens with zero attached hydrogens (tertiary/aromatic N) is 2. The van der Waals surface area contributed by atoms with Gasteiger partial charge in [0, 0.05) is 11.6 Å². The Morgan fingerprint density at radius 1 is 1.07 bits per heavy atom. The van der Waals surface area contributed by atoms with E-state index in [1.54, 1.807) is 55.5 Å².